The van der Waals surface area contributed by atoms with Crippen LogP contribution >= 0.6 is 0 Å². The lowest BCUT2D eigenvalue weighted by atomic mass is 10.2. The van der Waals surface area contributed by atoms with Gasteiger partial charge in [-0.2, -0.15) is 0 Å². The van der Waals surface area contributed by atoms with E-state index < -0.39 is 23.7 Å². The number of amides is 2. The lowest BCUT2D eigenvalue weighted by molar-refractivity contribution is -0.122. The Balaban J connectivity index is 1.55. The number of hydrogen-bond donors (Lipinski definition) is 2. The number of hydrogen-bond acceptors (Lipinski definition) is 5. The van der Waals surface area contributed by atoms with Gasteiger partial charge < -0.3 is 15.1 Å². The Morgan fingerprint density at radius 3 is 2.00 bits per heavy atom. The smallest absolute Gasteiger partial charge is 0.332 e. The van der Waals surface area contributed by atoms with Gasteiger partial charge in [0.15, 0.2) is 0 Å². The van der Waals surface area contributed by atoms with Crippen LogP contribution < -0.4 is 21.9 Å². The Morgan fingerprint density at radius 1 is 0.848 bits per heavy atom. The zero-order valence-corrected chi connectivity index (χ0v) is 18.5. The van der Waals surface area contributed by atoms with Crippen LogP contribution in [0.4, 0.5) is 0 Å². The molecule has 0 radical (unpaired) electrons. The summed E-state index contributed by atoms with van der Waals surface area (Å²) in [7, 11) is 0. The lowest BCUT2D eigenvalue weighted by Crippen LogP contribution is -2.46. The van der Waals surface area contributed by atoms with Crippen LogP contribution in [0.15, 0.2) is 38.3 Å². The Hall–Kier alpha value is -3.36. The summed E-state index contributed by atoms with van der Waals surface area (Å²) in [6.45, 7) is -0.661. The zero-order valence-electron chi connectivity index (χ0n) is 18.5. The summed E-state index contributed by atoms with van der Waals surface area (Å²) in [5.41, 5.74) is -0.655. The summed E-state index contributed by atoms with van der Waals surface area (Å²) in [6, 6.07) is 7.19. The fourth-order valence-corrected chi connectivity index (χ4v) is 5.16. The molecule has 9 heteroatoms. The van der Waals surface area contributed by atoms with Gasteiger partial charge in [-0.3, -0.25) is 19.0 Å². The molecule has 0 bridgehead atoms. The monoisotopic (exact) mass is 452 g/mol. The van der Waals surface area contributed by atoms with Crippen molar-refractivity contribution in [2.24, 2.45) is 0 Å². The standard InChI is InChI=1S/C24H28N4O5/c29-19(25-15-7-1-2-8-15)13-27-21-17-11-5-6-12-18(17)33-22(21)23(31)28(24(27)32)14-20(30)26-16-9-3-4-10-16/h5-6,11-12,15-16H,1-4,7-10,13-14H2,(H,25,29)(H,26,30). The summed E-state index contributed by atoms with van der Waals surface area (Å²) < 4.78 is 7.93. The number of nitrogens with zero attached hydrogens (tertiary/aromatic N) is 2. The Kier molecular flexibility index (Phi) is 5.78. The molecule has 0 aliphatic heterocycles. The Bertz CT molecular complexity index is 1320. The van der Waals surface area contributed by atoms with Gasteiger partial charge in [-0.25, -0.2) is 9.36 Å². The predicted molar refractivity (Wildman–Crippen MR) is 123 cm³/mol. The Labute approximate surface area is 189 Å². The molecule has 2 saturated carbocycles. The number of rotatable bonds is 6. The average Bonchev–Trinajstić information content (AvgIpc) is 3.55. The molecule has 2 fully saturated rings. The first-order chi connectivity index (χ1) is 16.0. The number of aromatic nitrogens is 2. The van der Waals surface area contributed by atoms with Crippen molar-refractivity contribution in [1.82, 2.24) is 19.8 Å². The van der Waals surface area contributed by atoms with Crippen LogP contribution in [-0.4, -0.2) is 33.0 Å². The van der Waals surface area contributed by atoms with E-state index in [1.54, 1.807) is 24.3 Å². The largest absolute Gasteiger partial charge is 0.449 e. The summed E-state index contributed by atoms with van der Waals surface area (Å²) in [6.07, 6.45) is 7.89. The molecule has 5 rings (SSSR count). The molecular formula is C24H28N4O5. The van der Waals surface area contributed by atoms with Crippen molar-refractivity contribution < 1.29 is 14.0 Å². The highest BCUT2D eigenvalue weighted by Crippen LogP contribution is 2.25. The van der Waals surface area contributed by atoms with Crippen LogP contribution in [0.1, 0.15) is 51.4 Å². The highest BCUT2D eigenvalue weighted by Gasteiger charge is 2.25. The minimum absolute atomic E-state index is 0.0295. The average molecular weight is 453 g/mol. The van der Waals surface area contributed by atoms with Crippen molar-refractivity contribution in [3.63, 3.8) is 0 Å². The molecule has 0 saturated heterocycles. The molecule has 33 heavy (non-hydrogen) atoms. The van der Waals surface area contributed by atoms with E-state index in [0.717, 1.165) is 55.9 Å². The van der Waals surface area contributed by atoms with E-state index in [1.807, 2.05) is 0 Å². The van der Waals surface area contributed by atoms with Crippen molar-refractivity contribution in [3.05, 3.63) is 45.1 Å². The van der Waals surface area contributed by atoms with Crippen molar-refractivity contribution in [1.29, 1.82) is 0 Å². The molecule has 2 aliphatic rings. The molecule has 0 spiro atoms. The van der Waals surface area contributed by atoms with Crippen LogP contribution in [0.5, 0.6) is 0 Å². The summed E-state index contributed by atoms with van der Waals surface area (Å²) in [4.78, 5) is 52.0. The number of benzene rings is 1. The van der Waals surface area contributed by atoms with E-state index in [1.165, 1.54) is 4.57 Å². The predicted octanol–water partition coefficient (Wildman–Crippen LogP) is 2.03. The number of nitrogens with one attached hydrogen (secondary N) is 2. The van der Waals surface area contributed by atoms with Gasteiger partial charge >= 0.3 is 5.69 Å². The van der Waals surface area contributed by atoms with E-state index in [-0.39, 0.29) is 35.6 Å². The van der Waals surface area contributed by atoms with Crippen molar-refractivity contribution in [2.45, 2.75) is 76.5 Å². The zero-order chi connectivity index (χ0) is 22.9. The highest BCUT2D eigenvalue weighted by molar-refractivity contribution is 6.02. The van der Waals surface area contributed by atoms with Crippen LogP contribution in [0.3, 0.4) is 0 Å². The number of carbonyl (C=O) groups is 2. The fraction of sp³-hybridized carbons (Fsp3) is 0.500. The Morgan fingerprint density at radius 2 is 1.39 bits per heavy atom. The molecule has 0 unspecified atom stereocenters. The first kappa shape index (κ1) is 21.5. The molecule has 174 valence electrons. The second-order valence-corrected chi connectivity index (χ2v) is 9.13. The minimum Gasteiger partial charge on any atom is -0.449 e. The van der Waals surface area contributed by atoms with Crippen molar-refractivity contribution in [2.75, 3.05) is 0 Å². The molecule has 2 N–H and O–H groups in total. The first-order valence-electron chi connectivity index (χ1n) is 11.7. The minimum atomic E-state index is -0.692. The van der Waals surface area contributed by atoms with E-state index in [4.69, 9.17) is 4.42 Å². The third-order valence-electron chi connectivity index (χ3n) is 6.78. The first-order valence-corrected chi connectivity index (χ1v) is 11.7. The van der Waals surface area contributed by atoms with Crippen LogP contribution in [-0.2, 0) is 22.7 Å². The maximum Gasteiger partial charge on any atom is 0.332 e. The van der Waals surface area contributed by atoms with Gasteiger partial charge in [0, 0.05) is 17.5 Å². The maximum absolute atomic E-state index is 13.4. The normalized spacial score (nSPS) is 17.2. The third-order valence-corrected chi connectivity index (χ3v) is 6.78. The number of fused-ring (bicyclic) bond motifs is 3. The molecule has 9 nitrogen and oxygen atoms in total. The van der Waals surface area contributed by atoms with Crippen LogP contribution in [0.2, 0.25) is 0 Å². The number of furan rings is 1. The molecular weight excluding hydrogens is 424 g/mol. The van der Waals surface area contributed by atoms with Gasteiger partial charge in [0.05, 0.1) is 0 Å². The van der Waals surface area contributed by atoms with Crippen LogP contribution in [0, 0.1) is 0 Å². The molecule has 1 aromatic carbocycles. The van der Waals surface area contributed by atoms with Gasteiger partial charge in [-0.05, 0) is 37.8 Å². The molecule has 0 atom stereocenters. The summed E-state index contributed by atoms with van der Waals surface area (Å²) >= 11 is 0. The second-order valence-electron chi connectivity index (χ2n) is 9.13. The van der Waals surface area contributed by atoms with E-state index in [0.29, 0.717) is 11.0 Å². The molecule has 2 aliphatic carbocycles. The van der Waals surface area contributed by atoms with Crippen LogP contribution in [0.25, 0.3) is 22.1 Å². The lowest BCUT2D eigenvalue weighted by Gasteiger charge is -2.16. The quantitative estimate of drug-likeness (QED) is 0.594. The number of carbonyl (C=O) groups excluding carboxylic acids is 2. The number of para-hydroxylation sites is 1. The van der Waals surface area contributed by atoms with Crippen molar-refractivity contribution >= 4 is 33.9 Å². The fourth-order valence-electron chi connectivity index (χ4n) is 5.16. The highest BCUT2D eigenvalue weighted by atomic mass is 16.3. The molecule has 3 aromatic rings. The van der Waals surface area contributed by atoms with E-state index >= 15 is 0 Å². The topological polar surface area (TPSA) is 115 Å². The summed E-state index contributed by atoms with van der Waals surface area (Å²) in [5.74, 6) is -0.685. The van der Waals surface area contributed by atoms with Gasteiger partial charge in [-0.15, -0.1) is 0 Å². The molecule has 2 aromatic heterocycles. The maximum atomic E-state index is 13.4. The van der Waals surface area contributed by atoms with Gasteiger partial charge in [0.1, 0.15) is 24.2 Å². The van der Waals surface area contributed by atoms with Crippen molar-refractivity contribution in [3.8, 4) is 0 Å². The molecule has 2 amide bonds. The SMILES string of the molecule is O=C(Cn1c(=O)c2oc3ccccc3c2n(CC(=O)NC2CCCC2)c1=O)NC1CCCC1. The second kappa shape index (κ2) is 8.88. The third kappa shape index (κ3) is 4.19. The van der Waals surface area contributed by atoms with Gasteiger partial charge in [0.25, 0.3) is 5.56 Å². The van der Waals surface area contributed by atoms with Gasteiger partial charge in [-0.1, -0.05) is 37.8 Å². The van der Waals surface area contributed by atoms with E-state index in [9.17, 15) is 19.2 Å². The molecule has 2 heterocycles. The van der Waals surface area contributed by atoms with E-state index in [2.05, 4.69) is 10.6 Å². The van der Waals surface area contributed by atoms with Gasteiger partial charge in [0.2, 0.25) is 17.4 Å². The summed E-state index contributed by atoms with van der Waals surface area (Å²) in [5, 5.41) is 6.48.